The molecule has 0 spiro atoms. The number of Topliss-reactive ketones (excluding diaryl/α,β-unsaturated/α-hetero) is 1. The van der Waals surface area contributed by atoms with E-state index in [0.29, 0.717) is 5.78 Å². The van der Waals surface area contributed by atoms with Crippen molar-refractivity contribution >= 4 is 5.78 Å². The minimum Gasteiger partial charge on any atom is -0.319 e. The van der Waals surface area contributed by atoms with E-state index in [1.54, 1.807) is 0 Å². The number of rotatable bonds is 3. The molecule has 1 aliphatic rings. The summed E-state index contributed by atoms with van der Waals surface area (Å²) in [5.74, 6) is 0.536. The molecular formula is C12H23NO. The van der Waals surface area contributed by atoms with E-state index in [-0.39, 0.29) is 5.92 Å². The standard InChI is InChI=1S/C12H23NO/c1-3-12(2,13)11(14)10-8-6-4-5-7-9-10/h10H,3-9,13H2,1-2H3. The van der Waals surface area contributed by atoms with Crippen LogP contribution in [-0.4, -0.2) is 11.3 Å². The molecule has 1 saturated carbocycles. The van der Waals surface area contributed by atoms with Gasteiger partial charge < -0.3 is 5.73 Å². The zero-order valence-corrected chi connectivity index (χ0v) is 9.51. The van der Waals surface area contributed by atoms with Gasteiger partial charge in [0.15, 0.2) is 5.78 Å². The zero-order chi connectivity index (χ0) is 10.6. The average molecular weight is 197 g/mol. The normalized spacial score (nSPS) is 23.9. The summed E-state index contributed by atoms with van der Waals surface area (Å²) in [6.45, 7) is 3.87. The fraction of sp³-hybridized carbons (Fsp3) is 0.917. The summed E-state index contributed by atoms with van der Waals surface area (Å²) in [5.41, 5.74) is 5.40. The van der Waals surface area contributed by atoms with E-state index in [9.17, 15) is 4.79 Å². The van der Waals surface area contributed by atoms with Gasteiger partial charge in [-0.3, -0.25) is 4.79 Å². The molecule has 1 aliphatic carbocycles. The average Bonchev–Trinajstić information content (AvgIpc) is 2.44. The van der Waals surface area contributed by atoms with E-state index in [1.165, 1.54) is 25.7 Å². The lowest BCUT2D eigenvalue weighted by atomic mass is 9.82. The van der Waals surface area contributed by atoms with Crippen LogP contribution in [0, 0.1) is 5.92 Å². The Morgan fingerprint density at radius 3 is 2.21 bits per heavy atom. The molecule has 14 heavy (non-hydrogen) atoms. The largest absolute Gasteiger partial charge is 0.319 e. The quantitative estimate of drug-likeness (QED) is 0.707. The van der Waals surface area contributed by atoms with Crippen LogP contribution in [0.5, 0.6) is 0 Å². The lowest BCUT2D eigenvalue weighted by Crippen LogP contribution is -2.47. The molecule has 0 aliphatic heterocycles. The van der Waals surface area contributed by atoms with Crippen LogP contribution in [-0.2, 0) is 4.79 Å². The lowest BCUT2D eigenvalue weighted by molar-refractivity contribution is -0.128. The van der Waals surface area contributed by atoms with Crippen LogP contribution in [0.2, 0.25) is 0 Å². The summed E-state index contributed by atoms with van der Waals surface area (Å²) in [4.78, 5) is 12.1. The van der Waals surface area contributed by atoms with Crippen LogP contribution in [0.1, 0.15) is 58.8 Å². The maximum absolute atomic E-state index is 12.1. The highest BCUT2D eigenvalue weighted by atomic mass is 16.1. The van der Waals surface area contributed by atoms with Gasteiger partial charge >= 0.3 is 0 Å². The molecule has 1 atom stereocenters. The van der Waals surface area contributed by atoms with Crippen LogP contribution in [0.4, 0.5) is 0 Å². The Morgan fingerprint density at radius 1 is 1.29 bits per heavy atom. The van der Waals surface area contributed by atoms with Crippen molar-refractivity contribution in [1.82, 2.24) is 0 Å². The molecule has 0 aromatic carbocycles. The van der Waals surface area contributed by atoms with E-state index in [1.807, 2.05) is 13.8 Å². The van der Waals surface area contributed by atoms with Gasteiger partial charge in [0.25, 0.3) is 0 Å². The first-order valence-electron chi connectivity index (χ1n) is 5.91. The van der Waals surface area contributed by atoms with Gasteiger partial charge in [-0.2, -0.15) is 0 Å². The van der Waals surface area contributed by atoms with Crippen molar-refractivity contribution in [1.29, 1.82) is 0 Å². The Bertz CT molecular complexity index is 190. The van der Waals surface area contributed by atoms with E-state index < -0.39 is 5.54 Å². The van der Waals surface area contributed by atoms with Crippen molar-refractivity contribution in [3.63, 3.8) is 0 Å². The molecule has 1 unspecified atom stereocenters. The number of nitrogens with two attached hydrogens (primary N) is 1. The number of carbonyl (C=O) groups is 1. The molecule has 0 radical (unpaired) electrons. The summed E-state index contributed by atoms with van der Waals surface area (Å²) in [6, 6.07) is 0. The first-order chi connectivity index (χ1) is 6.58. The van der Waals surface area contributed by atoms with Crippen molar-refractivity contribution in [2.24, 2.45) is 11.7 Å². The molecule has 0 bridgehead atoms. The third kappa shape index (κ3) is 2.81. The molecule has 2 N–H and O–H groups in total. The second-order valence-corrected chi connectivity index (χ2v) is 4.82. The maximum atomic E-state index is 12.1. The molecule has 1 fully saturated rings. The van der Waals surface area contributed by atoms with Crippen molar-refractivity contribution in [3.05, 3.63) is 0 Å². The van der Waals surface area contributed by atoms with Crippen LogP contribution in [0.3, 0.4) is 0 Å². The molecule has 1 rings (SSSR count). The minimum atomic E-state index is -0.588. The first kappa shape index (κ1) is 11.7. The van der Waals surface area contributed by atoms with Crippen LogP contribution >= 0.6 is 0 Å². The predicted molar refractivity (Wildman–Crippen MR) is 59.1 cm³/mol. The van der Waals surface area contributed by atoms with Crippen molar-refractivity contribution in [2.45, 2.75) is 64.3 Å². The van der Waals surface area contributed by atoms with Crippen LogP contribution in [0.25, 0.3) is 0 Å². The SMILES string of the molecule is CCC(C)(N)C(=O)C1CCCCCC1. The molecule has 2 heteroatoms. The van der Waals surface area contributed by atoms with Gasteiger partial charge in [0.2, 0.25) is 0 Å². The van der Waals surface area contributed by atoms with E-state index in [2.05, 4.69) is 0 Å². The fourth-order valence-corrected chi connectivity index (χ4v) is 2.18. The highest BCUT2D eigenvalue weighted by Crippen LogP contribution is 2.27. The summed E-state index contributed by atoms with van der Waals surface area (Å²) in [6.07, 6.45) is 7.86. The third-order valence-corrected chi connectivity index (χ3v) is 3.52. The molecule has 0 heterocycles. The summed E-state index contributed by atoms with van der Waals surface area (Å²) < 4.78 is 0. The summed E-state index contributed by atoms with van der Waals surface area (Å²) in [7, 11) is 0. The number of ketones is 1. The van der Waals surface area contributed by atoms with Gasteiger partial charge in [-0.1, -0.05) is 32.6 Å². The van der Waals surface area contributed by atoms with Gasteiger partial charge in [0.05, 0.1) is 5.54 Å². The highest BCUT2D eigenvalue weighted by molar-refractivity contribution is 5.89. The number of hydrogen-bond donors (Lipinski definition) is 1. The number of hydrogen-bond acceptors (Lipinski definition) is 2. The van der Waals surface area contributed by atoms with E-state index in [4.69, 9.17) is 5.73 Å². The summed E-state index contributed by atoms with van der Waals surface area (Å²) >= 11 is 0. The maximum Gasteiger partial charge on any atom is 0.155 e. The molecule has 2 nitrogen and oxygen atoms in total. The summed E-state index contributed by atoms with van der Waals surface area (Å²) in [5, 5.41) is 0. The Morgan fingerprint density at radius 2 is 1.79 bits per heavy atom. The topological polar surface area (TPSA) is 43.1 Å². The van der Waals surface area contributed by atoms with Gasteiger partial charge in [-0.25, -0.2) is 0 Å². The van der Waals surface area contributed by atoms with Gasteiger partial charge in [0.1, 0.15) is 0 Å². The molecule has 0 aromatic rings. The first-order valence-corrected chi connectivity index (χ1v) is 5.91. The fourth-order valence-electron chi connectivity index (χ4n) is 2.18. The molecule has 0 saturated heterocycles. The molecule has 82 valence electrons. The third-order valence-electron chi connectivity index (χ3n) is 3.52. The number of carbonyl (C=O) groups excluding carboxylic acids is 1. The smallest absolute Gasteiger partial charge is 0.155 e. The monoisotopic (exact) mass is 197 g/mol. The zero-order valence-electron chi connectivity index (χ0n) is 9.51. The Kier molecular flexibility index (Phi) is 4.11. The Balaban J connectivity index is 2.58. The van der Waals surface area contributed by atoms with Crippen molar-refractivity contribution in [3.8, 4) is 0 Å². The lowest BCUT2D eigenvalue weighted by Gasteiger charge is -2.26. The van der Waals surface area contributed by atoms with Crippen molar-refractivity contribution < 1.29 is 4.79 Å². The molecule has 0 amide bonds. The minimum absolute atomic E-state index is 0.243. The highest BCUT2D eigenvalue weighted by Gasteiger charge is 2.32. The second-order valence-electron chi connectivity index (χ2n) is 4.82. The Hall–Kier alpha value is -0.370. The predicted octanol–water partition coefficient (Wildman–Crippen LogP) is 2.65. The molecular weight excluding hydrogens is 174 g/mol. The van der Waals surface area contributed by atoms with Gasteiger partial charge in [-0.05, 0) is 26.2 Å². The Labute approximate surface area is 87.2 Å². The van der Waals surface area contributed by atoms with Crippen LogP contribution < -0.4 is 5.73 Å². The van der Waals surface area contributed by atoms with Crippen molar-refractivity contribution in [2.75, 3.05) is 0 Å². The van der Waals surface area contributed by atoms with E-state index in [0.717, 1.165) is 19.3 Å². The van der Waals surface area contributed by atoms with Crippen LogP contribution in [0.15, 0.2) is 0 Å². The van der Waals surface area contributed by atoms with E-state index >= 15 is 0 Å². The van der Waals surface area contributed by atoms with Gasteiger partial charge in [-0.15, -0.1) is 0 Å². The van der Waals surface area contributed by atoms with Gasteiger partial charge in [0, 0.05) is 5.92 Å². The second kappa shape index (κ2) is 4.92. The molecule has 0 aromatic heterocycles.